The number of para-hydroxylation sites is 1. The molecule has 0 bridgehead atoms. The van der Waals surface area contributed by atoms with E-state index >= 15 is 0 Å². The molecule has 0 unspecified atom stereocenters. The Bertz CT molecular complexity index is 1170. The smallest absolute Gasteiger partial charge is 0.244 e. The number of hydrogen-bond acceptors (Lipinski definition) is 6. The largest absolute Gasteiger partial charge is 0.261 e. The third-order valence-corrected chi connectivity index (χ3v) is 7.36. The van der Waals surface area contributed by atoms with Crippen LogP contribution in [0, 0.1) is 6.92 Å². The Hall–Kier alpha value is -2.75. The molecule has 1 fully saturated rings. The lowest BCUT2D eigenvalue weighted by Crippen LogP contribution is -2.35. The van der Waals surface area contributed by atoms with Crippen molar-refractivity contribution in [2.24, 2.45) is 5.10 Å². The van der Waals surface area contributed by atoms with E-state index in [0.29, 0.717) is 29.6 Å². The summed E-state index contributed by atoms with van der Waals surface area (Å²) in [6.07, 6.45) is 5.78. The van der Waals surface area contributed by atoms with Gasteiger partial charge in [-0.05, 0) is 44.0 Å². The van der Waals surface area contributed by atoms with Crippen LogP contribution in [0.3, 0.4) is 0 Å². The lowest BCUT2D eigenvalue weighted by atomic mass is 10.2. The van der Waals surface area contributed by atoms with Gasteiger partial charge < -0.3 is 0 Å². The lowest BCUT2D eigenvalue weighted by molar-refractivity contribution is 0.346. The Kier molecular flexibility index (Phi) is 6.35. The van der Waals surface area contributed by atoms with Crippen molar-refractivity contribution in [3.8, 4) is 5.69 Å². The highest BCUT2D eigenvalue weighted by Crippen LogP contribution is 2.23. The van der Waals surface area contributed by atoms with Crippen LogP contribution in [0.25, 0.3) is 5.69 Å². The molecule has 1 aliphatic heterocycles. The average molecular weight is 459 g/mol. The highest BCUT2D eigenvalue weighted by atomic mass is 35.5. The second kappa shape index (κ2) is 9.17. The molecular formula is C21H23ClN6O2S. The molecule has 0 aliphatic carbocycles. The molecule has 10 heteroatoms. The molecule has 0 radical (unpaired) electrons. The number of aromatic nitrogens is 3. The number of aryl methyl sites for hydroxylation is 1. The van der Waals surface area contributed by atoms with Gasteiger partial charge in [-0.25, -0.2) is 18.1 Å². The second-order valence-corrected chi connectivity index (χ2v) is 9.55. The molecule has 162 valence electrons. The summed E-state index contributed by atoms with van der Waals surface area (Å²) >= 11 is 6.49. The van der Waals surface area contributed by atoms with E-state index in [4.69, 9.17) is 11.6 Å². The van der Waals surface area contributed by atoms with Crippen LogP contribution >= 0.6 is 11.6 Å². The van der Waals surface area contributed by atoms with E-state index < -0.39 is 10.0 Å². The fraction of sp³-hybridized carbons (Fsp3) is 0.286. The van der Waals surface area contributed by atoms with Crippen LogP contribution in [0.15, 0.2) is 58.7 Å². The van der Waals surface area contributed by atoms with Crippen molar-refractivity contribution in [3.63, 3.8) is 0 Å². The molecule has 8 nitrogen and oxygen atoms in total. The molecule has 2 aromatic heterocycles. The number of pyridine rings is 1. The van der Waals surface area contributed by atoms with Crippen LogP contribution in [0.4, 0.5) is 5.82 Å². The van der Waals surface area contributed by atoms with Crippen LogP contribution in [0.2, 0.25) is 5.15 Å². The van der Waals surface area contributed by atoms with Gasteiger partial charge in [0.25, 0.3) is 0 Å². The molecule has 0 spiro atoms. The lowest BCUT2D eigenvalue weighted by Gasteiger charge is -2.25. The summed E-state index contributed by atoms with van der Waals surface area (Å²) in [6, 6.07) is 12.7. The van der Waals surface area contributed by atoms with E-state index in [1.807, 2.05) is 37.3 Å². The van der Waals surface area contributed by atoms with E-state index in [-0.39, 0.29) is 4.90 Å². The van der Waals surface area contributed by atoms with Crippen LogP contribution in [-0.4, -0.2) is 46.8 Å². The molecule has 1 aliphatic rings. The monoisotopic (exact) mass is 458 g/mol. The number of halogens is 1. The molecule has 0 amide bonds. The first-order valence-corrected chi connectivity index (χ1v) is 11.8. The van der Waals surface area contributed by atoms with Gasteiger partial charge in [0.2, 0.25) is 10.0 Å². The minimum absolute atomic E-state index is 0.187. The number of sulfonamides is 1. The van der Waals surface area contributed by atoms with Crippen molar-refractivity contribution in [2.75, 3.05) is 18.5 Å². The molecule has 3 heterocycles. The number of nitrogens with one attached hydrogen (secondary N) is 1. The van der Waals surface area contributed by atoms with Gasteiger partial charge in [0.1, 0.15) is 15.9 Å². The van der Waals surface area contributed by atoms with Gasteiger partial charge in [-0.3, -0.25) is 5.43 Å². The highest BCUT2D eigenvalue weighted by Gasteiger charge is 2.26. The van der Waals surface area contributed by atoms with Gasteiger partial charge in [0, 0.05) is 19.3 Å². The number of rotatable bonds is 6. The first kappa shape index (κ1) is 21.5. The number of nitrogens with zero attached hydrogens (tertiary/aromatic N) is 5. The number of piperidine rings is 1. The number of hydrazone groups is 1. The molecule has 0 saturated carbocycles. The zero-order valence-corrected chi connectivity index (χ0v) is 18.6. The zero-order chi connectivity index (χ0) is 21.8. The van der Waals surface area contributed by atoms with Crippen LogP contribution in [0.5, 0.6) is 0 Å². The summed E-state index contributed by atoms with van der Waals surface area (Å²) in [4.78, 5) is 4.37. The number of benzene rings is 1. The maximum atomic E-state index is 12.7. The Morgan fingerprint density at radius 2 is 1.84 bits per heavy atom. The summed E-state index contributed by atoms with van der Waals surface area (Å²) in [5.74, 6) is 0.429. The number of hydrogen-bond donors (Lipinski definition) is 1. The van der Waals surface area contributed by atoms with E-state index in [1.54, 1.807) is 23.0 Å². The Labute approximate surface area is 186 Å². The van der Waals surface area contributed by atoms with Crippen molar-refractivity contribution in [2.45, 2.75) is 31.1 Å². The van der Waals surface area contributed by atoms with Gasteiger partial charge in [-0.15, -0.1) is 0 Å². The third kappa shape index (κ3) is 4.63. The van der Waals surface area contributed by atoms with Crippen LogP contribution < -0.4 is 5.43 Å². The second-order valence-electron chi connectivity index (χ2n) is 7.25. The SMILES string of the molecule is Cc1nn(-c2ccccc2)c(Cl)c1/C=N/Nc1ccc(S(=O)(=O)N2CCCCC2)cn1. The summed E-state index contributed by atoms with van der Waals surface area (Å²) in [5, 5.41) is 9.10. The van der Waals surface area contributed by atoms with Crippen molar-refractivity contribution < 1.29 is 8.42 Å². The Morgan fingerprint density at radius 1 is 1.10 bits per heavy atom. The van der Waals surface area contributed by atoms with Gasteiger partial charge in [0.05, 0.1) is 23.2 Å². The number of anilines is 1. The fourth-order valence-corrected chi connectivity index (χ4v) is 5.20. The Balaban J connectivity index is 1.46. The fourth-order valence-electron chi connectivity index (χ4n) is 3.41. The topological polar surface area (TPSA) is 92.5 Å². The minimum atomic E-state index is -3.50. The van der Waals surface area contributed by atoms with E-state index in [0.717, 1.165) is 30.6 Å². The molecular weight excluding hydrogens is 436 g/mol. The van der Waals surface area contributed by atoms with E-state index in [1.165, 1.54) is 10.5 Å². The van der Waals surface area contributed by atoms with E-state index in [9.17, 15) is 8.42 Å². The first-order valence-electron chi connectivity index (χ1n) is 10.0. The molecule has 1 aromatic carbocycles. The molecule has 0 atom stereocenters. The summed E-state index contributed by atoms with van der Waals surface area (Å²) in [7, 11) is -3.50. The maximum Gasteiger partial charge on any atom is 0.244 e. The zero-order valence-electron chi connectivity index (χ0n) is 17.1. The third-order valence-electron chi connectivity index (χ3n) is 5.11. The van der Waals surface area contributed by atoms with Crippen molar-refractivity contribution in [1.29, 1.82) is 0 Å². The Morgan fingerprint density at radius 3 is 2.52 bits per heavy atom. The van der Waals surface area contributed by atoms with Gasteiger partial charge >= 0.3 is 0 Å². The normalized spacial score (nSPS) is 15.4. The molecule has 4 rings (SSSR count). The first-order chi connectivity index (χ1) is 15.0. The summed E-state index contributed by atoms with van der Waals surface area (Å²) < 4.78 is 28.6. The van der Waals surface area contributed by atoms with Gasteiger partial charge in [-0.1, -0.05) is 36.2 Å². The summed E-state index contributed by atoms with van der Waals surface area (Å²) in [6.45, 7) is 2.97. The van der Waals surface area contributed by atoms with Gasteiger partial charge in [0.15, 0.2) is 0 Å². The van der Waals surface area contributed by atoms with Crippen LogP contribution in [-0.2, 0) is 10.0 Å². The maximum absolute atomic E-state index is 12.7. The minimum Gasteiger partial charge on any atom is -0.261 e. The molecule has 31 heavy (non-hydrogen) atoms. The van der Waals surface area contributed by atoms with Gasteiger partial charge in [-0.2, -0.15) is 14.5 Å². The standard InChI is InChI=1S/C21H23ClN6O2S/c1-16-19(21(22)28(26-16)17-8-4-2-5-9-17)15-24-25-20-11-10-18(14-23-20)31(29,30)27-12-6-3-7-13-27/h2,4-5,8-11,14-15H,3,6-7,12-13H2,1H3,(H,23,25)/b24-15+. The van der Waals surface area contributed by atoms with Crippen molar-refractivity contribution in [1.82, 2.24) is 19.1 Å². The molecule has 3 aromatic rings. The van der Waals surface area contributed by atoms with Crippen LogP contribution in [0.1, 0.15) is 30.5 Å². The molecule has 1 saturated heterocycles. The van der Waals surface area contributed by atoms with Crippen molar-refractivity contribution >= 4 is 33.7 Å². The average Bonchev–Trinajstić information content (AvgIpc) is 3.09. The predicted molar refractivity (Wildman–Crippen MR) is 121 cm³/mol. The predicted octanol–water partition coefficient (Wildman–Crippen LogP) is 3.85. The summed E-state index contributed by atoms with van der Waals surface area (Å²) in [5.41, 5.74) is 5.08. The van der Waals surface area contributed by atoms with E-state index in [2.05, 4.69) is 20.6 Å². The molecule has 1 N–H and O–H groups in total. The van der Waals surface area contributed by atoms with Crippen molar-refractivity contribution in [3.05, 3.63) is 65.1 Å². The highest BCUT2D eigenvalue weighted by molar-refractivity contribution is 7.89. The quantitative estimate of drug-likeness (QED) is 0.447.